The summed E-state index contributed by atoms with van der Waals surface area (Å²) < 4.78 is 49.9. The fraction of sp³-hybridized carbons (Fsp3) is 0.192. The van der Waals surface area contributed by atoms with Crippen molar-refractivity contribution in [1.29, 1.82) is 0 Å². The Balaban J connectivity index is 1.96. The molecule has 0 N–H and O–H groups in total. The Hall–Kier alpha value is -3.98. The van der Waals surface area contributed by atoms with Gasteiger partial charge in [0.15, 0.2) is 11.5 Å². The van der Waals surface area contributed by atoms with Crippen molar-refractivity contribution in [2.45, 2.75) is 16.3 Å². The molecule has 0 fully saturated rings. The van der Waals surface area contributed by atoms with Crippen LogP contribution < -0.4 is 24.4 Å². The minimum atomic E-state index is -4.13. The number of ether oxygens (including phenoxy) is 4. The molecule has 0 unspecified atom stereocenters. The fourth-order valence-corrected chi connectivity index (χ4v) is 5.19. The lowest BCUT2D eigenvalue weighted by atomic mass is 10.1. The molecule has 182 valence electrons. The Morgan fingerprint density at radius 3 is 1.83 bits per heavy atom. The van der Waals surface area contributed by atoms with Crippen LogP contribution in [0.15, 0.2) is 81.4 Å². The summed E-state index contributed by atoms with van der Waals surface area (Å²) in [4.78, 5) is 13.2. The van der Waals surface area contributed by atoms with Gasteiger partial charge in [0.25, 0.3) is 0 Å². The third-order valence-electron chi connectivity index (χ3n) is 5.72. The highest BCUT2D eigenvalue weighted by molar-refractivity contribution is 7.91. The summed E-state index contributed by atoms with van der Waals surface area (Å²) >= 11 is 0. The molecule has 0 aliphatic carbocycles. The fourth-order valence-electron chi connectivity index (χ4n) is 3.82. The van der Waals surface area contributed by atoms with Gasteiger partial charge in [-0.1, -0.05) is 12.1 Å². The number of pyridine rings is 1. The molecule has 0 aliphatic rings. The van der Waals surface area contributed by atoms with Gasteiger partial charge in [0.2, 0.25) is 15.3 Å². The molecule has 0 atom stereocenters. The van der Waals surface area contributed by atoms with E-state index in [1.165, 1.54) is 57.9 Å². The van der Waals surface area contributed by atoms with Crippen LogP contribution in [0.25, 0.3) is 10.9 Å². The van der Waals surface area contributed by atoms with Gasteiger partial charge in [0.1, 0.15) is 16.4 Å². The molecule has 9 heteroatoms. The maximum atomic E-state index is 13.5. The standard InChI is InChI=1S/C26H25NO7S/c1-31-18-7-5-17(6-8-18)15-27-16-25(35(29,30)20-11-9-19(32-2)10-12-20)26(28)21-13-23(33-3)24(34-4)14-22(21)27/h5-14,16H,15H2,1-4H3. The lowest BCUT2D eigenvalue weighted by Crippen LogP contribution is -2.20. The molecular formula is C26H25NO7S. The highest BCUT2D eigenvalue weighted by Gasteiger charge is 2.25. The summed E-state index contributed by atoms with van der Waals surface area (Å²) in [6.45, 7) is 0.307. The molecule has 0 saturated carbocycles. The van der Waals surface area contributed by atoms with Crippen LogP contribution in [0.4, 0.5) is 0 Å². The zero-order valence-corrected chi connectivity index (χ0v) is 20.6. The minimum Gasteiger partial charge on any atom is -0.497 e. The van der Waals surface area contributed by atoms with Crippen LogP contribution in [0.3, 0.4) is 0 Å². The molecule has 0 aliphatic heterocycles. The SMILES string of the molecule is COc1ccc(Cn2cc(S(=O)(=O)c3ccc(OC)cc3)c(=O)c3cc(OC)c(OC)cc32)cc1. The Labute approximate surface area is 203 Å². The van der Waals surface area contributed by atoms with Gasteiger partial charge in [0, 0.05) is 18.8 Å². The van der Waals surface area contributed by atoms with Crippen LogP contribution in [0.1, 0.15) is 5.56 Å². The largest absolute Gasteiger partial charge is 0.497 e. The second kappa shape index (κ2) is 9.71. The minimum absolute atomic E-state index is 0.00813. The topological polar surface area (TPSA) is 93.1 Å². The normalized spacial score (nSPS) is 11.3. The Morgan fingerprint density at radius 2 is 1.29 bits per heavy atom. The summed E-state index contributed by atoms with van der Waals surface area (Å²) in [5.41, 5.74) is 0.776. The molecular weight excluding hydrogens is 470 g/mol. The van der Waals surface area contributed by atoms with Crippen molar-refractivity contribution in [2.75, 3.05) is 28.4 Å². The highest BCUT2D eigenvalue weighted by atomic mass is 32.2. The lowest BCUT2D eigenvalue weighted by Gasteiger charge is -2.17. The van der Waals surface area contributed by atoms with Gasteiger partial charge in [-0.2, -0.15) is 0 Å². The smallest absolute Gasteiger partial charge is 0.211 e. The molecule has 3 aromatic carbocycles. The Bertz CT molecular complexity index is 1520. The van der Waals surface area contributed by atoms with Gasteiger partial charge < -0.3 is 23.5 Å². The Morgan fingerprint density at radius 1 is 0.743 bits per heavy atom. The predicted octanol–water partition coefficient (Wildman–Crippen LogP) is 3.92. The van der Waals surface area contributed by atoms with Crippen molar-refractivity contribution < 1.29 is 27.4 Å². The number of sulfone groups is 1. The predicted molar refractivity (Wildman–Crippen MR) is 132 cm³/mol. The quantitative estimate of drug-likeness (QED) is 0.366. The van der Waals surface area contributed by atoms with E-state index in [1.54, 1.807) is 17.7 Å². The number of hydrogen-bond acceptors (Lipinski definition) is 7. The van der Waals surface area contributed by atoms with Gasteiger partial charge in [-0.15, -0.1) is 0 Å². The van der Waals surface area contributed by atoms with Crippen molar-refractivity contribution in [3.05, 3.63) is 82.6 Å². The van der Waals surface area contributed by atoms with Crippen molar-refractivity contribution in [3.8, 4) is 23.0 Å². The molecule has 35 heavy (non-hydrogen) atoms. The van der Waals surface area contributed by atoms with E-state index in [1.807, 2.05) is 24.3 Å². The molecule has 4 aromatic rings. The number of benzene rings is 3. The molecule has 1 heterocycles. The second-order valence-electron chi connectivity index (χ2n) is 7.70. The van der Waals surface area contributed by atoms with Crippen molar-refractivity contribution in [2.24, 2.45) is 0 Å². The first-order valence-corrected chi connectivity index (χ1v) is 12.1. The molecule has 4 rings (SSSR count). The van der Waals surface area contributed by atoms with Crippen molar-refractivity contribution in [1.82, 2.24) is 4.57 Å². The van der Waals surface area contributed by atoms with E-state index in [-0.39, 0.29) is 15.2 Å². The number of nitrogens with zero attached hydrogens (tertiary/aromatic N) is 1. The van der Waals surface area contributed by atoms with Gasteiger partial charge in [-0.05, 0) is 48.0 Å². The molecule has 8 nitrogen and oxygen atoms in total. The monoisotopic (exact) mass is 495 g/mol. The maximum Gasteiger partial charge on any atom is 0.211 e. The first-order valence-electron chi connectivity index (χ1n) is 10.6. The molecule has 0 radical (unpaired) electrons. The summed E-state index contributed by atoms with van der Waals surface area (Å²) in [5.74, 6) is 1.96. The van der Waals surface area contributed by atoms with Gasteiger partial charge in [-0.3, -0.25) is 4.79 Å². The maximum absolute atomic E-state index is 13.5. The van der Waals surface area contributed by atoms with Crippen LogP contribution in [0, 0.1) is 0 Å². The van der Waals surface area contributed by atoms with E-state index in [0.29, 0.717) is 35.1 Å². The van der Waals surface area contributed by atoms with E-state index in [2.05, 4.69) is 0 Å². The van der Waals surface area contributed by atoms with Crippen LogP contribution in [-0.2, 0) is 16.4 Å². The van der Waals surface area contributed by atoms with E-state index in [4.69, 9.17) is 18.9 Å². The van der Waals surface area contributed by atoms with Crippen molar-refractivity contribution in [3.63, 3.8) is 0 Å². The van der Waals surface area contributed by atoms with Crippen LogP contribution in [0.2, 0.25) is 0 Å². The first-order chi connectivity index (χ1) is 16.8. The third-order valence-corrected chi connectivity index (χ3v) is 7.49. The average molecular weight is 496 g/mol. The number of rotatable bonds is 8. The van der Waals surface area contributed by atoms with Crippen LogP contribution in [-0.4, -0.2) is 41.4 Å². The van der Waals surface area contributed by atoms with Gasteiger partial charge in [-0.25, -0.2) is 8.42 Å². The molecule has 0 bridgehead atoms. The first kappa shape index (κ1) is 24.2. The van der Waals surface area contributed by atoms with Crippen LogP contribution in [0.5, 0.6) is 23.0 Å². The third kappa shape index (κ3) is 4.54. The van der Waals surface area contributed by atoms with E-state index < -0.39 is 15.3 Å². The highest BCUT2D eigenvalue weighted by Crippen LogP contribution is 2.32. The molecule has 0 spiro atoms. The summed E-state index contributed by atoms with van der Waals surface area (Å²) in [7, 11) is 1.90. The number of methoxy groups -OCH3 is 4. The number of aromatic nitrogens is 1. The van der Waals surface area contributed by atoms with Gasteiger partial charge >= 0.3 is 0 Å². The number of hydrogen-bond donors (Lipinski definition) is 0. The van der Waals surface area contributed by atoms with E-state index in [9.17, 15) is 13.2 Å². The number of fused-ring (bicyclic) bond motifs is 1. The lowest BCUT2D eigenvalue weighted by molar-refractivity contribution is 0.355. The van der Waals surface area contributed by atoms with Crippen LogP contribution >= 0.6 is 0 Å². The second-order valence-corrected chi connectivity index (χ2v) is 9.62. The molecule has 0 amide bonds. The summed E-state index contributed by atoms with van der Waals surface area (Å²) in [6.07, 6.45) is 1.38. The molecule has 1 aromatic heterocycles. The summed E-state index contributed by atoms with van der Waals surface area (Å²) in [5, 5.41) is 0.200. The van der Waals surface area contributed by atoms with E-state index in [0.717, 1.165) is 5.56 Å². The van der Waals surface area contributed by atoms with Gasteiger partial charge in [0.05, 0.1) is 44.2 Å². The van der Waals surface area contributed by atoms with Crippen molar-refractivity contribution >= 4 is 20.7 Å². The zero-order valence-electron chi connectivity index (χ0n) is 19.8. The van der Waals surface area contributed by atoms with E-state index >= 15 is 0 Å². The molecule has 0 saturated heterocycles. The average Bonchev–Trinajstić information content (AvgIpc) is 2.89. The zero-order chi connectivity index (χ0) is 25.2. The summed E-state index contributed by atoms with van der Waals surface area (Å²) in [6, 6.07) is 16.5. The Kier molecular flexibility index (Phi) is 6.70.